The number of nitrogens with zero attached hydrogens (tertiary/aromatic N) is 6. The first-order valence-corrected chi connectivity index (χ1v) is 11.8. The third-order valence-corrected chi connectivity index (χ3v) is 5.99. The molecule has 6 rings (SSSR count). The number of nitrogen functional groups attached to an aromatic ring is 1. The summed E-state index contributed by atoms with van der Waals surface area (Å²) in [6.07, 6.45) is 2.99. The van der Waals surface area contributed by atoms with Crippen LogP contribution < -0.4 is 16.4 Å². The minimum Gasteiger partial charge on any atom is -0.463 e. The number of hydrogen-bond acceptors (Lipinski definition) is 7. The Kier molecular flexibility index (Phi) is 5.57. The summed E-state index contributed by atoms with van der Waals surface area (Å²) in [4.78, 5) is 25.8. The number of aromatic nitrogens is 6. The molecule has 188 valence electrons. The Balaban J connectivity index is 1.25. The second-order valence-electron chi connectivity index (χ2n) is 8.69. The second-order valence-corrected chi connectivity index (χ2v) is 8.69. The van der Waals surface area contributed by atoms with Crippen LogP contribution >= 0.6 is 0 Å². The van der Waals surface area contributed by atoms with Crippen LogP contribution in [0.3, 0.4) is 0 Å². The normalized spacial score (nSPS) is 11.1. The number of carbonyl (C=O) groups is 1. The lowest BCUT2D eigenvalue weighted by molar-refractivity contribution is 0.262. The molecule has 4 N–H and O–H groups in total. The van der Waals surface area contributed by atoms with Gasteiger partial charge in [-0.25, -0.2) is 24.4 Å². The van der Waals surface area contributed by atoms with E-state index in [4.69, 9.17) is 10.2 Å². The monoisotopic (exact) mass is 505 g/mol. The molecule has 11 nitrogen and oxygen atoms in total. The van der Waals surface area contributed by atoms with Crippen LogP contribution in [-0.2, 0) is 0 Å². The van der Waals surface area contributed by atoms with Crippen molar-refractivity contribution in [2.45, 2.75) is 13.8 Å². The molecule has 4 heterocycles. The van der Waals surface area contributed by atoms with E-state index in [1.807, 2.05) is 60.9 Å². The Morgan fingerprint density at radius 3 is 2.55 bits per heavy atom. The summed E-state index contributed by atoms with van der Waals surface area (Å²) in [6.45, 7) is 3.87. The van der Waals surface area contributed by atoms with Gasteiger partial charge in [0.05, 0.1) is 12.0 Å². The highest BCUT2D eigenvalue weighted by molar-refractivity contribution is 5.99. The number of hydrogen-bond donors (Lipinski definition) is 3. The van der Waals surface area contributed by atoms with E-state index < -0.39 is 6.03 Å². The molecule has 0 spiro atoms. The Hall–Kier alpha value is -5.45. The molecular formula is C27H23N9O2. The lowest BCUT2D eigenvalue weighted by Crippen LogP contribution is -2.21. The maximum atomic E-state index is 13.0. The van der Waals surface area contributed by atoms with Gasteiger partial charge in [0.25, 0.3) is 0 Å². The zero-order valence-corrected chi connectivity index (χ0v) is 20.6. The quantitative estimate of drug-likeness (QED) is 0.296. The average molecular weight is 506 g/mol. The van der Waals surface area contributed by atoms with Crippen LogP contribution in [0.4, 0.5) is 22.1 Å². The molecule has 11 heteroatoms. The predicted octanol–water partition coefficient (Wildman–Crippen LogP) is 5.10. The number of amides is 2. The zero-order chi connectivity index (χ0) is 26.2. The molecule has 0 aliphatic carbocycles. The van der Waals surface area contributed by atoms with Crippen LogP contribution in [0.25, 0.3) is 34.0 Å². The number of urea groups is 1. The summed E-state index contributed by atoms with van der Waals surface area (Å²) in [5.41, 5.74) is 11.0. The number of nitrogens with one attached hydrogen (secondary N) is 2. The Bertz CT molecular complexity index is 1770. The van der Waals surface area contributed by atoms with Crippen molar-refractivity contribution in [3.63, 3.8) is 0 Å². The van der Waals surface area contributed by atoms with Gasteiger partial charge in [-0.05, 0) is 67.9 Å². The van der Waals surface area contributed by atoms with Gasteiger partial charge in [-0.3, -0.25) is 9.88 Å². The van der Waals surface area contributed by atoms with Crippen molar-refractivity contribution in [1.82, 2.24) is 29.3 Å². The van der Waals surface area contributed by atoms with Gasteiger partial charge in [0.1, 0.15) is 23.7 Å². The molecule has 6 aromatic rings. The molecule has 0 radical (unpaired) electrons. The fraction of sp³-hybridized carbons (Fsp3) is 0.0741. The average Bonchev–Trinajstić information content (AvgIpc) is 3.64. The number of anilines is 3. The number of nitrogens with two attached hydrogens (primary N) is 1. The number of fused-ring (bicyclic) bond motifs is 1. The molecule has 4 aromatic heterocycles. The fourth-order valence-corrected chi connectivity index (χ4v) is 4.27. The SMILES string of the molecule is Cc1cccc(-n2nc(-c3ccco3)cc2NC(=O)Nc2ccc(-n3c(C)nc4c(N)ncnc43)cc2)c1. The van der Waals surface area contributed by atoms with Crippen LogP contribution in [0, 0.1) is 13.8 Å². The first-order chi connectivity index (χ1) is 18.5. The van der Waals surface area contributed by atoms with Gasteiger partial charge in [-0.1, -0.05) is 12.1 Å². The highest BCUT2D eigenvalue weighted by Crippen LogP contribution is 2.26. The van der Waals surface area contributed by atoms with E-state index in [-0.39, 0.29) is 0 Å². The van der Waals surface area contributed by atoms with Gasteiger partial charge in [0, 0.05) is 17.4 Å². The van der Waals surface area contributed by atoms with Crippen LogP contribution in [-0.4, -0.2) is 35.3 Å². The number of imidazole rings is 1. The van der Waals surface area contributed by atoms with E-state index in [9.17, 15) is 4.79 Å². The van der Waals surface area contributed by atoms with Gasteiger partial charge in [0.2, 0.25) is 0 Å². The van der Waals surface area contributed by atoms with Crippen molar-refractivity contribution in [2.24, 2.45) is 0 Å². The third-order valence-electron chi connectivity index (χ3n) is 5.99. The molecule has 0 fully saturated rings. The lowest BCUT2D eigenvalue weighted by Gasteiger charge is -2.11. The second kappa shape index (κ2) is 9.21. The molecule has 2 aromatic carbocycles. The van der Waals surface area contributed by atoms with E-state index in [2.05, 4.69) is 30.7 Å². The van der Waals surface area contributed by atoms with E-state index >= 15 is 0 Å². The predicted molar refractivity (Wildman–Crippen MR) is 144 cm³/mol. The Labute approximate surface area is 217 Å². The third kappa shape index (κ3) is 4.22. The van der Waals surface area contributed by atoms with Crippen LogP contribution in [0.2, 0.25) is 0 Å². The van der Waals surface area contributed by atoms with Gasteiger partial charge >= 0.3 is 6.03 Å². The molecule has 0 aliphatic rings. The topological polar surface area (TPSA) is 142 Å². The zero-order valence-electron chi connectivity index (χ0n) is 20.6. The number of rotatable bonds is 5. The van der Waals surface area contributed by atoms with E-state index in [0.717, 1.165) is 22.8 Å². The highest BCUT2D eigenvalue weighted by atomic mass is 16.3. The van der Waals surface area contributed by atoms with Crippen molar-refractivity contribution in [1.29, 1.82) is 0 Å². The van der Waals surface area contributed by atoms with E-state index in [1.165, 1.54) is 6.33 Å². The van der Waals surface area contributed by atoms with Crippen LogP contribution in [0.15, 0.2) is 83.7 Å². The van der Waals surface area contributed by atoms with Gasteiger partial charge < -0.3 is 15.5 Å². The smallest absolute Gasteiger partial charge is 0.324 e. The maximum absolute atomic E-state index is 13.0. The molecule has 38 heavy (non-hydrogen) atoms. The van der Waals surface area contributed by atoms with Crippen LogP contribution in [0.1, 0.15) is 11.4 Å². The summed E-state index contributed by atoms with van der Waals surface area (Å²) < 4.78 is 9.06. The Morgan fingerprint density at radius 2 is 1.79 bits per heavy atom. The number of aryl methyl sites for hydroxylation is 2. The molecule has 0 saturated carbocycles. The molecule has 0 atom stereocenters. The minimum atomic E-state index is -0.415. The molecule has 2 amide bonds. The van der Waals surface area contributed by atoms with Crippen LogP contribution in [0.5, 0.6) is 0 Å². The number of carbonyl (C=O) groups excluding carboxylic acids is 1. The molecule has 0 aliphatic heterocycles. The number of furan rings is 1. The van der Waals surface area contributed by atoms with Crippen molar-refractivity contribution >= 4 is 34.5 Å². The summed E-state index contributed by atoms with van der Waals surface area (Å²) in [7, 11) is 0. The minimum absolute atomic E-state index is 0.326. The van der Waals surface area contributed by atoms with Crippen molar-refractivity contribution in [3.05, 3.63) is 90.7 Å². The molecule has 0 bridgehead atoms. The van der Waals surface area contributed by atoms with Crippen molar-refractivity contribution in [3.8, 4) is 22.8 Å². The molecular weight excluding hydrogens is 482 g/mol. The first kappa shape index (κ1) is 23.0. The highest BCUT2D eigenvalue weighted by Gasteiger charge is 2.16. The maximum Gasteiger partial charge on any atom is 0.324 e. The number of benzene rings is 2. The summed E-state index contributed by atoms with van der Waals surface area (Å²) in [5, 5.41) is 10.4. The summed E-state index contributed by atoms with van der Waals surface area (Å²) >= 11 is 0. The summed E-state index contributed by atoms with van der Waals surface area (Å²) in [5.74, 6) is 2.15. The summed E-state index contributed by atoms with van der Waals surface area (Å²) in [6, 6.07) is 20.2. The Morgan fingerprint density at radius 1 is 0.947 bits per heavy atom. The molecule has 0 unspecified atom stereocenters. The van der Waals surface area contributed by atoms with Gasteiger partial charge in [-0.15, -0.1) is 0 Å². The van der Waals surface area contributed by atoms with Crippen molar-refractivity contribution in [2.75, 3.05) is 16.4 Å². The lowest BCUT2D eigenvalue weighted by atomic mass is 10.2. The molecule has 0 saturated heterocycles. The fourth-order valence-electron chi connectivity index (χ4n) is 4.27. The first-order valence-electron chi connectivity index (χ1n) is 11.8. The standard InChI is InChI=1S/C27H23N9O2/c1-16-5-3-6-20(13-16)36-23(14-21(34-36)22-7-4-12-38-22)33-27(37)32-18-8-10-19(11-9-18)35-17(2)31-24-25(28)29-15-30-26(24)35/h3-15H,1-2H3,(H2,28,29,30)(H2,32,33,37). The van der Waals surface area contributed by atoms with Gasteiger partial charge in [0.15, 0.2) is 22.7 Å². The van der Waals surface area contributed by atoms with E-state index in [1.54, 1.807) is 35.2 Å². The van der Waals surface area contributed by atoms with Gasteiger partial charge in [-0.2, -0.15) is 5.10 Å². The largest absolute Gasteiger partial charge is 0.463 e. The van der Waals surface area contributed by atoms with E-state index in [0.29, 0.717) is 39.9 Å². The van der Waals surface area contributed by atoms with Crippen molar-refractivity contribution < 1.29 is 9.21 Å².